The molecule has 0 spiro atoms. The lowest BCUT2D eigenvalue weighted by Crippen LogP contribution is -2.24. The lowest BCUT2D eigenvalue weighted by atomic mass is 10.2. The zero-order chi connectivity index (χ0) is 16.3. The molecule has 1 heterocycles. The van der Waals surface area contributed by atoms with Gasteiger partial charge in [-0.25, -0.2) is 4.98 Å². The van der Waals surface area contributed by atoms with E-state index in [1.807, 2.05) is 25.1 Å². The molecular weight excluding hydrogens is 308 g/mol. The third kappa shape index (κ3) is 5.94. The smallest absolute Gasteiger partial charge is 0.185 e. The Labute approximate surface area is 143 Å². The van der Waals surface area contributed by atoms with Crippen molar-refractivity contribution in [2.45, 2.75) is 20.3 Å². The van der Waals surface area contributed by atoms with Gasteiger partial charge >= 0.3 is 0 Å². The standard InChI is InChI=1S/C18H26N2O2S/c1-3-20(11-8-12-22-14-13-21-4-2)18-19-17(15-23-18)16-9-6-5-7-10-16/h5-7,9-10,15H,3-4,8,11-14H2,1-2H3. The average molecular weight is 334 g/mol. The van der Waals surface area contributed by atoms with Gasteiger partial charge in [0.05, 0.1) is 18.9 Å². The molecule has 0 unspecified atom stereocenters. The molecule has 0 saturated carbocycles. The Hall–Kier alpha value is -1.43. The van der Waals surface area contributed by atoms with Crippen LogP contribution in [0, 0.1) is 0 Å². The zero-order valence-electron chi connectivity index (χ0n) is 14.0. The molecule has 0 aliphatic heterocycles. The van der Waals surface area contributed by atoms with Crippen molar-refractivity contribution < 1.29 is 9.47 Å². The van der Waals surface area contributed by atoms with Crippen LogP contribution in [0.15, 0.2) is 35.7 Å². The van der Waals surface area contributed by atoms with E-state index in [0.29, 0.717) is 13.2 Å². The molecule has 126 valence electrons. The molecule has 0 aliphatic carbocycles. The summed E-state index contributed by atoms with van der Waals surface area (Å²) in [5.74, 6) is 0. The minimum atomic E-state index is 0.676. The molecule has 0 atom stereocenters. The highest BCUT2D eigenvalue weighted by atomic mass is 32.1. The van der Waals surface area contributed by atoms with E-state index in [4.69, 9.17) is 14.5 Å². The van der Waals surface area contributed by atoms with Gasteiger partial charge in [0, 0.05) is 37.2 Å². The summed E-state index contributed by atoms with van der Waals surface area (Å²) in [6.07, 6.45) is 1.00. The number of ether oxygens (including phenoxy) is 2. The summed E-state index contributed by atoms with van der Waals surface area (Å²) < 4.78 is 10.8. The topological polar surface area (TPSA) is 34.6 Å². The molecule has 1 aromatic heterocycles. The highest BCUT2D eigenvalue weighted by Crippen LogP contribution is 2.27. The summed E-state index contributed by atoms with van der Waals surface area (Å²) in [4.78, 5) is 7.08. The second-order valence-electron chi connectivity index (χ2n) is 5.12. The average Bonchev–Trinajstić information content (AvgIpc) is 3.08. The normalized spacial score (nSPS) is 10.9. The molecule has 2 aromatic rings. The van der Waals surface area contributed by atoms with Crippen LogP contribution in [-0.2, 0) is 9.47 Å². The van der Waals surface area contributed by atoms with E-state index in [1.54, 1.807) is 11.3 Å². The molecule has 23 heavy (non-hydrogen) atoms. The van der Waals surface area contributed by atoms with Crippen LogP contribution >= 0.6 is 11.3 Å². The first-order valence-corrected chi connectivity index (χ1v) is 9.14. The minimum Gasteiger partial charge on any atom is -0.379 e. The van der Waals surface area contributed by atoms with Crippen molar-refractivity contribution in [1.82, 2.24) is 4.98 Å². The second kappa shape index (κ2) is 10.4. The predicted molar refractivity (Wildman–Crippen MR) is 97.4 cm³/mol. The maximum Gasteiger partial charge on any atom is 0.185 e. The Morgan fingerprint density at radius 3 is 2.57 bits per heavy atom. The van der Waals surface area contributed by atoms with Gasteiger partial charge in [0.15, 0.2) is 5.13 Å². The summed E-state index contributed by atoms with van der Waals surface area (Å²) in [7, 11) is 0. The van der Waals surface area contributed by atoms with Crippen LogP contribution in [0.25, 0.3) is 11.3 Å². The zero-order valence-corrected chi connectivity index (χ0v) is 14.8. The van der Waals surface area contributed by atoms with Crippen LogP contribution in [0.4, 0.5) is 5.13 Å². The number of rotatable bonds is 11. The van der Waals surface area contributed by atoms with Crippen molar-refractivity contribution >= 4 is 16.5 Å². The van der Waals surface area contributed by atoms with Crippen LogP contribution in [0.3, 0.4) is 0 Å². The summed E-state index contributed by atoms with van der Waals surface area (Å²) in [5, 5.41) is 3.21. The molecular formula is C18H26N2O2S. The molecule has 2 rings (SSSR count). The number of hydrogen-bond acceptors (Lipinski definition) is 5. The van der Waals surface area contributed by atoms with Crippen LogP contribution < -0.4 is 4.90 Å². The van der Waals surface area contributed by atoms with Crippen molar-refractivity contribution in [2.24, 2.45) is 0 Å². The molecule has 0 saturated heterocycles. The fraction of sp³-hybridized carbons (Fsp3) is 0.500. The van der Waals surface area contributed by atoms with Gasteiger partial charge in [-0.1, -0.05) is 30.3 Å². The fourth-order valence-corrected chi connectivity index (χ4v) is 3.19. The van der Waals surface area contributed by atoms with E-state index in [1.165, 1.54) is 5.56 Å². The third-order valence-corrected chi connectivity index (χ3v) is 4.41. The van der Waals surface area contributed by atoms with Gasteiger partial charge in [0.1, 0.15) is 0 Å². The van der Waals surface area contributed by atoms with Crippen LogP contribution in [0.2, 0.25) is 0 Å². The molecule has 0 radical (unpaired) electrons. The Kier molecular flexibility index (Phi) is 8.07. The van der Waals surface area contributed by atoms with E-state index < -0.39 is 0 Å². The molecule has 1 aromatic carbocycles. The van der Waals surface area contributed by atoms with Gasteiger partial charge in [0.25, 0.3) is 0 Å². The summed E-state index contributed by atoms with van der Waals surface area (Å²) >= 11 is 1.71. The van der Waals surface area contributed by atoms with Crippen molar-refractivity contribution in [3.63, 3.8) is 0 Å². The monoisotopic (exact) mass is 334 g/mol. The van der Waals surface area contributed by atoms with Crippen molar-refractivity contribution in [3.05, 3.63) is 35.7 Å². The third-order valence-electron chi connectivity index (χ3n) is 3.51. The molecule has 5 heteroatoms. The number of nitrogens with zero attached hydrogens (tertiary/aromatic N) is 2. The Bertz CT molecular complexity index is 545. The van der Waals surface area contributed by atoms with E-state index in [9.17, 15) is 0 Å². The van der Waals surface area contributed by atoms with Gasteiger partial charge in [0.2, 0.25) is 0 Å². The van der Waals surface area contributed by atoms with Crippen molar-refractivity contribution in [3.8, 4) is 11.3 Å². The molecule has 0 bridgehead atoms. The van der Waals surface area contributed by atoms with Gasteiger partial charge in [-0.3, -0.25) is 0 Å². The molecule has 0 fully saturated rings. The number of thiazole rings is 1. The second-order valence-corrected chi connectivity index (χ2v) is 5.96. The fourth-order valence-electron chi connectivity index (χ4n) is 2.26. The molecule has 4 nitrogen and oxygen atoms in total. The van der Waals surface area contributed by atoms with E-state index >= 15 is 0 Å². The van der Waals surface area contributed by atoms with Gasteiger partial charge in [-0.15, -0.1) is 11.3 Å². The quantitative estimate of drug-likeness (QED) is 0.580. The number of hydrogen-bond donors (Lipinski definition) is 0. The van der Waals surface area contributed by atoms with Gasteiger partial charge in [-0.05, 0) is 20.3 Å². The Morgan fingerprint density at radius 2 is 1.83 bits per heavy atom. The number of aromatic nitrogens is 1. The van der Waals surface area contributed by atoms with E-state index in [2.05, 4.69) is 29.3 Å². The predicted octanol–water partition coefficient (Wildman–Crippen LogP) is 4.08. The van der Waals surface area contributed by atoms with Crippen LogP contribution in [0.5, 0.6) is 0 Å². The summed E-state index contributed by atoms with van der Waals surface area (Å²) in [5.41, 5.74) is 2.22. The Morgan fingerprint density at radius 1 is 1.04 bits per heavy atom. The maximum atomic E-state index is 5.57. The van der Waals surface area contributed by atoms with Crippen molar-refractivity contribution in [1.29, 1.82) is 0 Å². The molecule has 0 N–H and O–H groups in total. The number of benzene rings is 1. The largest absolute Gasteiger partial charge is 0.379 e. The minimum absolute atomic E-state index is 0.676. The van der Waals surface area contributed by atoms with Crippen LogP contribution in [-0.4, -0.2) is 44.5 Å². The van der Waals surface area contributed by atoms with Gasteiger partial charge < -0.3 is 14.4 Å². The van der Waals surface area contributed by atoms with E-state index in [-0.39, 0.29) is 0 Å². The molecule has 0 aliphatic rings. The van der Waals surface area contributed by atoms with Crippen molar-refractivity contribution in [2.75, 3.05) is 44.4 Å². The van der Waals surface area contributed by atoms with Crippen LogP contribution in [0.1, 0.15) is 20.3 Å². The Balaban J connectivity index is 1.78. The highest BCUT2D eigenvalue weighted by Gasteiger charge is 2.10. The maximum absolute atomic E-state index is 5.57. The summed E-state index contributed by atoms with van der Waals surface area (Å²) in [6, 6.07) is 10.3. The lowest BCUT2D eigenvalue weighted by molar-refractivity contribution is 0.0524. The molecule has 0 amide bonds. The first-order valence-electron chi connectivity index (χ1n) is 8.26. The first kappa shape index (κ1) is 17.9. The lowest BCUT2D eigenvalue weighted by Gasteiger charge is -2.19. The van der Waals surface area contributed by atoms with E-state index in [0.717, 1.165) is 43.5 Å². The number of anilines is 1. The highest BCUT2D eigenvalue weighted by molar-refractivity contribution is 7.14. The summed E-state index contributed by atoms with van der Waals surface area (Å²) in [6.45, 7) is 8.96. The van der Waals surface area contributed by atoms with Gasteiger partial charge in [-0.2, -0.15) is 0 Å². The SMILES string of the molecule is CCOCCOCCCN(CC)c1nc(-c2ccccc2)cs1. The first-order chi connectivity index (χ1) is 11.3.